The van der Waals surface area contributed by atoms with Crippen LogP contribution in [-0.2, 0) is 0 Å². The lowest BCUT2D eigenvalue weighted by molar-refractivity contribution is 0.0940. The Bertz CT molecular complexity index is 1970. The van der Waals surface area contributed by atoms with Crippen molar-refractivity contribution in [3.63, 3.8) is 0 Å². The Kier molecular flexibility index (Phi) is 5.82. The van der Waals surface area contributed by atoms with Gasteiger partial charge in [-0.1, -0.05) is 30.2 Å². The van der Waals surface area contributed by atoms with Crippen molar-refractivity contribution in [2.24, 2.45) is 0 Å². The Morgan fingerprint density at radius 3 is 2.72 bits per heavy atom. The number of para-hydroxylation sites is 1. The van der Waals surface area contributed by atoms with E-state index in [4.69, 9.17) is 15.1 Å². The minimum Gasteiger partial charge on any atom is -0.450 e. The summed E-state index contributed by atoms with van der Waals surface area (Å²) in [4.78, 5) is 40.4. The van der Waals surface area contributed by atoms with Crippen molar-refractivity contribution >= 4 is 28.3 Å². The molecule has 6 aromatic rings. The molecule has 3 N–H and O–H groups in total. The number of amides is 1. The fourth-order valence-corrected chi connectivity index (χ4v) is 4.33. The standard InChI is InChI=1S/C28H20N8O3/c1-17(32-27(37)23-24(29)34-35-14-6-13-30-26(23)35)25-33-21-10-5-7-18(11-12-19-15-39-16-31-19)22(21)28(38)36(25)20-8-3-2-4-9-20/h2-10,13-17H,1H3,(H2,29,34)(H,32,37). The van der Waals surface area contributed by atoms with E-state index in [1.807, 2.05) is 18.2 Å². The monoisotopic (exact) mass is 516 g/mol. The summed E-state index contributed by atoms with van der Waals surface area (Å²) in [5, 5.41) is 7.41. The van der Waals surface area contributed by atoms with Crippen molar-refractivity contribution in [3.05, 3.63) is 113 Å². The zero-order valence-electron chi connectivity index (χ0n) is 20.6. The molecule has 2 aromatic carbocycles. The molecule has 0 aliphatic carbocycles. The second-order valence-corrected chi connectivity index (χ2v) is 8.61. The van der Waals surface area contributed by atoms with E-state index < -0.39 is 11.9 Å². The molecular weight excluding hydrogens is 496 g/mol. The van der Waals surface area contributed by atoms with Crippen LogP contribution in [0.25, 0.3) is 22.2 Å². The van der Waals surface area contributed by atoms with E-state index >= 15 is 0 Å². The minimum absolute atomic E-state index is 0.0423. The Morgan fingerprint density at radius 2 is 1.92 bits per heavy atom. The van der Waals surface area contributed by atoms with Gasteiger partial charge in [-0.2, -0.15) is 0 Å². The predicted octanol–water partition coefficient (Wildman–Crippen LogP) is 2.89. The first-order valence-electron chi connectivity index (χ1n) is 11.9. The predicted molar refractivity (Wildman–Crippen MR) is 143 cm³/mol. The van der Waals surface area contributed by atoms with Crippen LogP contribution in [-0.4, -0.2) is 35.0 Å². The maximum atomic E-state index is 14.0. The van der Waals surface area contributed by atoms with E-state index in [0.29, 0.717) is 39.3 Å². The van der Waals surface area contributed by atoms with E-state index in [1.54, 1.807) is 55.7 Å². The summed E-state index contributed by atoms with van der Waals surface area (Å²) in [6.45, 7) is 1.74. The highest BCUT2D eigenvalue weighted by molar-refractivity contribution is 6.04. The first kappa shape index (κ1) is 23.6. The molecule has 11 nitrogen and oxygen atoms in total. The number of nitrogens with zero attached hydrogens (tertiary/aromatic N) is 6. The van der Waals surface area contributed by atoms with Crippen LogP contribution in [0.1, 0.15) is 40.4 Å². The third kappa shape index (κ3) is 4.25. The van der Waals surface area contributed by atoms with Crippen LogP contribution in [0.3, 0.4) is 0 Å². The number of fused-ring (bicyclic) bond motifs is 2. The van der Waals surface area contributed by atoms with E-state index in [9.17, 15) is 9.59 Å². The van der Waals surface area contributed by atoms with Gasteiger partial charge < -0.3 is 15.5 Å². The van der Waals surface area contributed by atoms with Crippen LogP contribution in [0.4, 0.5) is 5.82 Å². The maximum absolute atomic E-state index is 14.0. The molecule has 4 heterocycles. The molecule has 1 atom stereocenters. The van der Waals surface area contributed by atoms with Crippen LogP contribution >= 0.6 is 0 Å². The average molecular weight is 517 g/mol. The number of oxazole rings is 1. The number of carbonyl (C=O) groups is 1. The van der Waals surface area contributed by atoms with Gasteiger partial charge in [0.2, 0.25) is 0 Å². The van der Waals surface area contributed by atoms with Crippen LogP contribution in [0.15, 0.2) is 88.9 Å². The van der Waals surface area contributed by atoms with Gasteiger partial charge in [-0.25, -0.2) is 19.5 Å². The molecule has 0 saturated heterocycles. The summed E-state index contributed by atoms with van der Waals surface area (Å²) in [6, 6.07) is 15.3. The molecule has 0 aliphatic rings. The summed E-state index contributed by atoms with van der Waals surface area (Å²) in [7, 11) is 0. The topological polar surface area (TPSA) is 146 Å². The first-order chi connectivity index (χ1) is 19.0. The first-order valence-corrected chi connectivity index (χ1v) is 11.9. The largest absolute Gasteiger partial charge is 0.450 e. The fraction of sp³-hybridized carbons (Fsp3) is 0.0714. The second kappa shape index (κ2) is 9.60. The van der Waals surface area contributed by atoms with Gasteiger partial charge >= 0.3 is 0 Å². The smallest absolute Gasteiger partial charge is 0.267 e. The van der Waals surface area contributed by atoms with Gasteiger partial charge in [0.1, 0.15) is 17.7 Å². The number of benzene rings is 2. The molecule has 6 rings (SSSR count). The summed E-state index contributed by atoms with van der Waals surface area (Å²) in [6.07, 6.45) is 5.92. The number of nitrogens with one attached hydrogen (secondary N) is 1. The van der Waals surface area contributed by atoms with Crippen LogP contribution in [0.5, 0.6) is 0 Å². The highest BCUT2D eigenvalue weighted by Crippen LogP contribution is 2.22. The Hall–Kier alpha value is -5.76. The highest BCUT2D eigenvalue weighted by Gasteiger charge is 2.24. The van der Waals surface area contributed by atoms with E-state index in [0.717, 1.165) is 0 Å². The molecule has 4 aromatic heterocycles. The summed E-state index contributed by atoms with van der Waals surface area (Å²) >= 11 is 0. The molecule has 1 unspecified atom stereocenters. The number of hydrogen-bond acceptors (Lipinski definition) is 8. The van der Waals surface area contributed by atoms with Crippen molar-refractivity contribution in [1.29, 1.82) is 0 Å². The van der Waals surface area contributed by atoms with Gasteiger partial charge in [-0.15, -0.1) is 5.10 Å². The molecule has 0 bridgehead atoms. The van der Waals surface area contributed by atoms with Gasteiger partial charge in [0, 0.05) is 18.0 Å². The number of carbonyl (C=O) groups excluding carboxylic acids is 1. The molecule has 39 heavy (non-hydrogen) atoms. The summed E-state index contributed by atoms with van der Waals surface area (Å²) in [5.74, 6) is 5.79. The molecule has 0 fully saturated rings. The molecule has 0 spiro atoms. The quantitative estimate of drug-likeness (QED) is 0.340. The Balaban J connectivity index is 1.48. The summed E-state index contributed by atoms with van der Waals surface area (Å²) in [5.41, 5.74) is 8.13. The molecule has 0 saturated carbocycles. The number of nitrogen functional groups attached to an aromatic ring is 1. The molecule has 190 valence electrons. The van der Waals surface area contributed by atoms with Gasteiger partial charge in [0.05, 0.1) is 22.6 Å². The number of rotatable bonds is 4. The summed E-state index contributed by atoms with van der Waals surface area (Å²) < 4.78 is 7.89. The number of aromatic nitrogens is 6. The van der Waals surface area contributed by atoms with Crippen molar-refractivity contribution in [2.45, 2.75) is 13.0 Å². The highest BCUT2D eigenvalue weighted by atomic mass is 16.3. The lowest BCUT2D eigenvalue weighted by atomic mass is 10.1. The minimum atomic E-state index is -0.697. The average Bonchev–Trinajstić information content (AvgIpc) is 3.59. The maximum Gasteiger partial charge on any atom is 0.267 e. The molecule has 0 radical (unpaired) electrons. The van der Waals surface area contributed by atoms with Gasteiger partial charge in [-0.3, -0.25) is 14.2 Å². The van der Waals surface area contributed by atoms with Crippen LogP contribution in [0, 0.1) is 11.8 Å². The normalized spacial score (nSPS) is 11.7. The zero-order valence-corrected chi connectivity index (χ0v) is 20.6. The second-order valence-electron chi connectivity index (χ2n) is 8.61. The van der Waals surface area contributed by atoms with Crippen molar-refractivity contribution < 1.29 is 9.21 Å². The van der Waals surface area contributed by atoms with Crippen molar-refractivity contribution in [2.75, 3.05) is 5.73 Å². The lowest BCUT2D eigenvalue weighted by Crippen LogP contribution is -2.33. The van der Waals surface area contributed by atoms with E-state index in [2.05, 4.69) is 32.2 Å². The SMILES string of the molecule is CC(NC(=O)c1c(N)nn2cccnc12)c1nc2cccc(C#Cc3cocn3)c2c(=O)n1-c1ccccc1. The molecule has 11 heteroatoms. The van der Waals surface area contributed by atoms with Gasteiger partial charge in [0.15, 0.2) is 23.6 Å². The van der Waals surface area contributed by atoms with Crippen molar-refractivity contribution in [3.8, 4) is 17.5 Å². The van der Waals surface area contributed by atoms with E-state index in [1.165, 1.54) is 21.7 Å². The molecular formula is C28H20N8O3. The van der Waals surface area contributed by atoms with Gasteiger partial charge in [0.25, 0.3) is 11.5 Å². The van der Waals surface area contributed by atoms with Crippen LogP contribution < -0.4 is 16.6 Å². The Labute approximate surface area is 221 Å². The molecule has 0 aliphatic heterocycles. The Morgan fingerprint density at radius 1 is 1.08 bits per heavy atom. The van der Waals surface area contributed by atoms with Gasteiger partial charge in [-0.05, 0) is 43.2 Å². The number of nitrogens with two attached hydrogens (primary N) is 1. The zero-order chi connectivity index (χ0) is 26.9. The van der Waals surface area contributed by atoms with Crippen molar-refractivity contribution in [1.82, 2.24) is 34.4 Å². The molecule has 1 amide bonds. The number of hydrogen-bond donors (Lipinski definition) is 2. The lowest BCUT2D eigenvalue weighted by Gasteiger charge is -2.20. The fourth-order valence-electron chi connectivity index (χ4n) is 4.33. The third-order valence-electron chi connectivity index (χ3n) is 6.08. The van der Waals surface area contributed by atoms with Crippen LogP contribution in [0.2, 0.25) is 0 Å². The number of anilines is 1. The van der Waals surface area contributed by atoms with E-state index in [-0.39, 0.29) is 16.9 Å². The third-order valence-corrected chi connectivity index (χ3v) is 6.08.